The normalized spacial score (nSPS) is 12.1. The van der Waals surface area contributed by atoms with E-state index in [0.717, 1.165) is 0 Å². The minimum atomic E-state index is -1.08. The van der Waals surface area contributed by atoms with Crippen LogP contribution in [0.2, 0.25) is 0 Å². The van der Waals surface area contributed by atoms with Gasteiger partial charge in [0.15, 0.2) is 0 Å². The lowest BCUT2D eigenvalue weighted by atomic mass is 10.3. The molecule has 1 rings (SSSR count). The first-order chi connectivity index (χ1) is 7.59. The predicted octanol–water partition coefficient (Wildman–Crippen LogP) is -0.647. The van der Waals surface area contributed by atoms with E-state index in [2.05, 4.69) is 20.3 Å². The monoisotopic (exact) mass is 227 g/mol. The fourth-order valence-electron chi connectivity index (χ4n) is 1.12. The molecular weight excluding hydrogens is 214 g/mol. The van der Waals surface area contributed by atoms with E-state index < -0.39 is 12.0 Å². The fourth-order valence-corrected chi connectivity index (χ4v) is 1.12. The average Bonchev–Trinajstić information content (AvgIpc) is 2.68. The van der Waals surface area contributed by atoms with Crippen molar-refractivity contribution in [1.82, 2.24) is 15.8 Å². The van der Waals surface area contributed by atoms with E-state index in [1.165, 1.54) is 13.2 Å². The van der Waals surface area contributed by atoms with Gasteiger partial charge < -0.3 is 20.3 Å². The van der Waals surface area contributed by atoms with Gasteiger partial charge in [-0.3, -0.25) is 4.79 Å². The molecule has 1 aromatic rings. The number of aliphatic carboxylic acids is 1. The molecule has 7 nitrogen and oxygen atoms in total. The second kappa shape index (κ2) is 5.86. The van der Waals surface area contributed by atoms with Gasteiger partial charge in [-0.25, -0.2) is 4.79 Å². The Morgan fingerprint density at radius 3 is 2.88 bits per heavy atom. The Balaban J connectivity index is 2.32. The van der Waals surface area contributed by atoms with Crippen LogP contribution in [-0.4, -0.2) is 34.7 Å². The molecular formula is C9H13N3O4. The molecule has 88 valence electrons. The van der Waals surface area contributed by atoms with Crippen LogP contribution in [0.1, 0.15) is 12.6 Å². The lowest BCUT2D eigenvalue weighted by molar-refractivity contribution is -0.141. The minimum Gasteiger partial charge on any atom is -0.480 e. The third-order valence-corrected chi connectivity index (χ3v) is 1.82. The summed E-state index contributed by atoms with van der Waals surface area (Å²) in [6, 6.07) is 0.727. The van der Waals surface area contributed by atoms with Crippen molar-refractivity contribution in [2.45, 2.75) is 19.5 Å². The topological polar surface area (TPSA) is 104 Å². The van der Waals surface area contributed by atoms with E-state index in [1.807, 2.05) is 0 Å². The molecule has 7 heteroatoms. The Morgan fingerprint density at radius 1 is 1.62 bits per heavy atom. The van der Waals surface area contributed by atoms with Crippen LogP contribution < -0.4 is 10.6 Å². The molecule has 1 amide bonds. The van der Waals surface area contributed by atoms with Crippen LogP contribution in [-0.2, 0) is 16.1 Å². The van der Waals surface area contributed by atoms with Crippen LogP contribution in [0.5, 0.6) is 0 Å². The van der Waals surface area contributed by atoms with Crippen LogP contribution in [0.3, 0.4) is 0 Å². The van der Waals surface area contributed by atoms with Gasteiger partial charge >= 0.3 is 5.97 Å². The van der Waals surface area contributed by atoms with Gasteiger partial charge in [0.25, 0.3) is 0 Å². The molecule has 0 aliphatic rings. The van der Waals surface area contributed by atoms with Crippen molar-refractivity contribution >= 4 is 11.9 Å². The maximum Gasteiger partial charge on any atom is 0.327 e. The predicted molar refractivity (Wildman–Crippen MR) is 53.5 cm³/mol. The van der Waals surface area contributed by atoms with E-state index in [9.17, 15) is 9.59 Å². The standard InChI is InChI=1S/C9H13N3O4/c1-6(13)11-8(9(14)15)5-10-4-7-2-3-16-12-7/h2-3,8,10H,4-5H2,1H3,(H,11,13)(H,14,15). The lowest BCUT2D eigenvalue weighted by Gasteiger charge is -2.13. The van der Waals surface area contributed by atoms with Crippen molar-refractivity contribution in [1.29, 1.82) is 0 Å². The molecule has 0 radical (unpaired) electrons. The van der Waals surface area contributed by atoms with E-state index in [-0.39, 0.29) is 12.5 Å². The fraction of sp³-hybridized carbons (Fsp3) is 0.444. The molecule has 1 atom stereocenters. The van der Waals surface area contributed by atoms with E-state index in [1.54, 1.807) is 6.07 Å². The summed E-state index contributed by atoms with van der Waals surface area (Å²) in [4.78, 5) is 21.5. The van der Waals surface area contributed by atoms with Crippen LogP contribution in [0.4, 0.5) is 0 Å². The van der Waals surface area contributed by atoms with Gasteiger partial charge in [-0.05, 0) is 0 Å². The molecule has 1 heterocycles. The summed E-state index contributed by atoms with van der Waals surface area (Å²) in [7, 11) is 0. The van der Waals surface area contributed by atoms with Gasteiger partial charge in [0, 0.05) is 26.1 Å². The van der Waals surface area contributed by atoms with Gasteiger partial charge in [-0.2, -0.15) is 0 Å². The number of amides is 1. The number of nitrogens with one attached hydrogen (secondary N) is 2. The zero-order valence-electron chi connectivity index (χ0n) is 8.77. The summed E-state index contributed by atoms with van der Waals surface area (Å²) in [6.07, 6.45) is 1.43. The van der Waals surface area contributed by atoms with Gasteiger partial charge in [0.1, 0.15) is 12.3 Å². The highest BCUT2D eigenvalue weighted by molar-refractivity contribution is 5.82. The molecule has 0 aliphatic carbocycles. The number of aromatic nitrogens is 1. The Kier molecular flexibility index (Phi) is 4.46. The molecule has 1 aromatic heterocycles. The Labute approximate surface area is 91.8 Å². The quantitative estimate of drug-likeness (QED) is 0.596. The average molecular weight is 227 g/mol. The molecule has 1 unspecified atom stereocenters. The molecule has 0 saturated heterocycles. The first kappa shape index (κ1) is 12.2. The van der Waals surface area contributed by atoms with E-state index in [4.69, 9.17) is 5.11 Å². The maximum atomic E-state index is 10.7. The number of nitrogens with zero attached hydrogens (tertiary/aromatic N) is 1. The maximum absolute atomic E-state index is 10.7. The third-order valence-electron chi connectivity index (χ3n) is 1.82. The molecule has 0 aromatic carbocycles. The Bertz CT molecular complexity index is 350. The highest BCUT2D eigenvalue weighted by Crippen LogP contribution is 1.93. The van der Waals surface area contributed by atoms with E-state index in [0.29, 0.717) is 12.2 Å². The number of hydrogen-bond donors (Lipinski definition) is 3. The van der Waals surface area contributed by atoms with Crippen LogP contribution >= 0.6 is 0 Å². The number of carboxylic acid groups (broad SMARTS) is 1. The van der Waals surface area contributed by atoms with Gasteiger partial charge in [-0.1, -0.05) is 5.16 Å². The largest absolute Gasteiger partial charge is 0.480 e. The van der Waals surface area contributed by atoms with E-state index >= 15 is 0 Å². The van der Waals surface area contributed by atoms with Crippen LogP contribution in [0.25, 0.3) is 0 Å². The highest BCUT2D eigenvalue weighted by atomic mass is 16.5. The second-order valence-corrected chi connectivity index (χ2v) is 3.21. The third kappa shape index (κ3) is 4.09. The van der Waals surface area contributed by atoms with Gasteiger partial charge in [0.05, 0.1) is 5.69 Å². The number of carbonyl (C=O) groups is 2. The van der Waals surface area contributed by atoms with Crippen molar-refractivity contribution in [2.24, 2.45) is 0 Å². The van der Waals surface area contributed by atoms with Crippen LogP contribution in [0, 0.1) is 0 Å². The molecule has 0 spiro atoms. The Hall–Kier alpha value is -1.89. The van der Waals surface area contributed by atoms with Crippen molar-refractivity contribution in [3.63, 3.8) is 0 Å². The van der Waals surface area contributed by atoms with Crippen molar-refractivity contribution in [3.8, 4) is 0 Å². The molecule has 0 bridgehead atoms. The van der Waals surface area contributed by atoms with Crippen molar-refractivity contribution < 1.29 is 19.2 Å². The zero-order chi connectivity index (χ0) is 12.0. The minimum absolute atomic E-state index is 0.127. The smallest absolute Gasteiger partial charge is 0.327 e. The molecule has 0 fully saturated rings. The van der Waals surface area contributed by atoms with Gasteiger partial charge in [0.2, 0.25) is 5.91 Å². The second-order valence-electron chi connectivity index (χ2n) is 3.21. The summed E-state index contributed by atoms with van der Waals surface area (Å²) in [5, 5.41) is 17.6. The number of carboxylic acids is 1. The summed E-state index contributed by atoms with van der Waals surface area (Å²) >= 11 is 0. The summed E-state index contributed by atoms with van der Waals surface area (Å²) in [5.74, 6) is -1.46. The molecule has 16 heavy (non-hydrogen) atoms. The Morgan fingerprint density at radius 2 is 2.38 bits per heavy atom. The van der Waals surface area contributed by atoms with Crippen molar-refractivity contribution in [2.75, 3.05) is 6.54 Å². The van der Waals surface area contributed by atoms with Crippen LogP contribution in [0.15, 0.2) is 16.9 Å². The van der Waals surface area contributed by atoms with Gasteiger partial charge in [-0.15, -0.1) is 0 Å². The SMILES string of the molecule is CC(=O)NC(CNCc1ccon1)C(=O)O. The lowest BCUT2D eigenvalue weighted by Crippen LogP contribution is -2.46. The van der Waals surface area contributed by atoms with Crippen molar-refractivity contribution in [3.05, 3.63) is 18.0 Å². The summed E-state index contributed by atoms with van der Waals surface area (Å²) in [5.41, 5.74) is 0.673. The summed E-state index contributed by atoms with van der Waals surface area (Å²) in [6.45, 7) is 1.79. The zero-order valence-corrected chi connectivity index (χ0v) is 8.77. The number of carbonyl (C=O) groups excluding carboxylic acids is 1. The molecule has 0 saturated carbocycles. The number of rotatable bonds is 6. The first-order valence-electron chi connectivity index (χ1n) is 4.69. The first-order valence-corrected chi connectivity index (χ1v) is 4.69. The number of hydrogen-bond acceptors (Lipinski definition) is 5. The molecule has 0 aliphatic heterocycles. The summed E-state index contributed by atoms with van der Waals surface area (Å²) < 4.78 is 4.61. The highest BCUT2D eigenvalue weighted by Gasteiger charge is 2.17. The molecule has 3 N–H and O–H groups in total.